The molecule has 3 nitrogen and oxygen atoms in total. The molecule has 0 aliphatic heterocycles. The number of aromatic nitrogens is 2. The van der Waals surface area contributed by atoms with Crippen LogP contribution in [0, 0.1) is 0 Å². The summed E-state index contributed by atoms with van der Waals surface area (Å²) in [6, 6.07) is 0. The molecule has 1 heterocycles. The summed E-state index contributed by atoms with van der Waals surface area (Å²) in [5.41, 5.74) is 0. The van der Waals surface area contributed by atoms with Crippen molar-refractivity contribution < 1.29 is 5.11 Å². The molecular weight excluding hydrogens is 208 g/mol. The first-order valence-electron chi connectivity index (χ1n) is 5.53. The van der Waals surface area contributed by atoms with E-state index in [1.165, 1.54) is 0 Å². The van der Waals surface area contributed by atoms with Crippen molar-refractivity contribution in [2.24, 2.45) is 0 Å². The van der Waals surface area contributed by atoms with Crippen molar-refractivity contribution in [3.63, 3.8) is 0 Å². The third-order valence-electron chi connectivity index (χ3n) is 2.20. The van der Waals surface area contributed by atoms with Crippen LogP contribution in [0.3, 0.4) is 0 Å². The molecule has 0 saturated carbocycles. The van der Waals surface area contributed by atoms with Crippen LogP contribution >= 0.6 is 11.8 Å². The second kappa shape index (κ2) is 6.90. The van der Waals surface area contributed by atoms with Crippen LogP contribution < -0.4 is 0 Å². The van der Waals surface area contributed by atoms with Gasteiger partial charge in [0.25, 0.3) is 0 Å². The van der Waals surface area contributed by atoms with E-state index in [1.807, 2.05) is 12.4 Å². The van der Waals surface area contributed by atoms with Crippen LogP contribution in [0.4, 0.5) is 0 Å². The molecule has 1 aromatic rings. The van der Waals surface area contributed by atoms with Gasteiger partial charge >= 0.3 is 0 Å². The van der Waals surface area contributed by atoms with E-state index in [-0.39, 0.29) is 6.10 Å². The minimum absolute atomic E-state index is 0.270. The van der Waals surface area contributed by atoms with E-state index in [9.17, 15) is 5.11 Å². The molecule has 0 amide bonds. The Labute approximate surface area is 95.9 Å². The first-order chi connectivity index (χ1) is 7.27. The highest BCUT2D eigenvalue weighted by molar-refractivity contribution is 7.99. The molecule has 0 spiro atoms. The highest BCUT2D eigenvalue weighted by Crippen LogP contribution is 2.08. The Kier molecular flexibility index (Phi) is 5.79. The Balaban J connectivity index is 2.44. The molecule has 0 aliphatic rings. The fourth-order valence-electron chi connectivity index (χ4n) is 1.50. The van der Waals surface area contributed by atoms with E-state index in [2.05, 4.69) is 23.4 Å². The monoisotopic (exact) mass is 228 g/mol. The van der Waals surface area contributed by atoms with Crippen molar-refractivity contribution in [3.8, 4) is 0 Å². The van der Waals surface area contributed by atoms with Crippen molar-refractivity contribution >= 4 is 11.8 Å². The van der Waals surface area contributed by atoms with Gasteiger partial charge in [0.1, 0.15) is 5.82 Å². The van der Waals surface area contributed by atoms with Gasteiger partial charge in [0, 0.05) is 31.1 Å². The van der Waals surface area contributed by atoms with Gasteiger partial charge in [-0.3, -0.25) is 0 Å². The molecule has 0 bridgehead atoms. The lowest BCUT2D eigenvalue weighted by atomic mass is 10.2. The zero-order valence-corrected chi connectivity index (χ0v) is 10.3. The lowest BCUT2D eigenvalue weighted by Gasteiger charge is -2.11. The molecule has 1 atom stereocenters. The maximum atomic E-state index is 9.77. The van der Waals surface area contributed by atoms with Gasteiger partial charge in [0.05, 0.1) is 6.10 Å². The SMILES string of the molecule is CCCn1ccnc1CC(O)CSCC. The van der Waals surface area contributed by atoms with Gasteiger partial charge in [0.2, 0.25) is 0 Å². The predicted molar refractivity (Wildman–Crippen MR) is 65.2 cm³/mol. The lowest BCUT2D eigenvalue weighted by Crippen LogP contribution is -2.17. The Morgan fingerprint density at radius 2 is 2.33 bits per heavy atom. The fourth-order valence-corrected chi connectivity index (χ4v) is 2.12. The fraction of sp³-hybridized carbons (Fsp3) is 0.727. The Hall–Kier alpha value is -0.480. The van der Waals surface area contributed by atoms with Crippen molar-refractivity contribution in [1.82, 2.24) is 9.55 Å². The highest BCUT2D eigenvalue weighted by Gasteiger charge is 2.09. The molecule has 4 heteroatoms. The normalized spacial score (nSPS) is 13.0. The summed E-state index contributed by atoms with van der Waals surface area (Å²) in [6.45, 7) is 5.24. The molecule has 1 rings (SSSR count). The average molecular weight is 228 g/mol. The summed E-state index contributed by atoms with van der Waals surface area (Å²) in [5, 5.41) is 9.77. The third-order valence-corrected chi connectivity index (χ3v) is 3.23. The van der Waals surface area contributed by atoms with Crippen LogP contribution in [0.1, 0.15) is 26.1 Å². The van der Waals surface area contributed by atoms with Gasteiger partial charge in [-0.25, -0.2) is 4.98 Å². The largest absolute Gasteiger partial charge is 0.392 e. The zero-order chi connectivity index (χ0) is 11.1. The topological polar surface area (TPSA) is 38.0 Å². The molecule has 0 aliphatic carbocycles. The standard InChI is InChI=1S/C11H20N2OS/c1-3-6-13-7-5-12-11(13)8-10(14)9-15-4-2/h5,7,10,14H,3-4,6,8-9H2,1-2H3. The van der Waals surface area contributed by atoms with Crippen LogP contribution in [0.2, 0.25) is 0 Å². The summed E-state index contributed by atoms with van der Waals surface area (Å²) in [7, 11) is 0. The number of aryl methyl sites for hydroxylation is 1. The van der Waals surface area contributed by atoms with E-state index >= 15 is 0 Å². The summed E-state index contributed by atoms with van der Waals surface area (Å²) in [6.07, 6.45) is 5.29. The first kappa shape index (κ1) is 12.6. The highest BCUT2D eigenvalue weighted by atomic mass is 32.2. The molecule has 15 heavy (non-hydrogen) atoms. The van der Waals surface area contributed by atoms with Gasteiger partial charge in [-0.15, -0.1) is 0 Å². The van der Waals surface area contributed by atoms with Crippen LogP contribution in [-0.4, -0.2) is 32.3 Å². The lowest BCUT2D eigenvalue weighted by molar-refractivity contribution is 0.196. The van der Waals surface area contributed by atoms with Crippen molar-refractivity contribution in [1.29, 1.82) is 0 Å². The Morgan fingerprint density at radius 1 is 1.53 bits per heavy atom. The van der Waals surface area contributed by atoms with E-state index < -0.39 is 0 Å². The Morgan fingerprint density at radius 3 is 3.00 bits per heavy atom. The first-order valence-corrected chi connectivity index (χ1v) is 6.69. The number of aliphatic hydroxyl groups excluding tert-OH is 1. The number of rotatable bonds is 7. The zero-order valence-electron chi connectivity index (χ0n) is 9.52. The molecular formula is C11H20N2OS. The molecule has 0 radical (unpaired) electrons. The van der Waals surface area contributed by atoms with E-state index in [4.69, 9.17) is 0 Å². The molecule has 86 valence electrons. The van der Waals surface area contributed by atoms with Crippen molar-refractivity contribution in [3.05, 3.63) is 18.2 Å². The van der Waals surface area contributed by atoms with Gasteiger partial charge < -0.3 is 9.67 Å². The average Bonchev–Trinajstić information content (AvgIpc) is 2.63. The number of thioether (sulfide) groups is 1. The number of imidazole rings is 1. The maximum absolute atomic E-state index is 9.77. The van der Waals surface area contributed by atoms with Gasteiger partial charge in [-0.1, -0.05) is 13.8 Å². The number of hydrogen-bond acceptors (Lipinski definition) is 3. The molecule has 1 aromatic heterocycles. The second-order valence-corrected chi connectivity index (χ2v) is 4.87. The second-order valence-electron chi connectivity index (χ2n) is 3.55. The smallest absolute Gasteiger partial charge is 0.111 e. The van der Waals surface area contributed by atoms with Gasteiger partial charge in [-0.2, -0.15) is 11.8 Å². The van der Waals surface area contributed by atoms with E-state index in [1.54, 1.807) is 11.8 Å². The molecule has 0 aromatic carbocycles. The predicted octanol–water partition coefficient (Wildman–Crippen LogP) is 1.95. The van der Waals surface area contributed by atoms with Crippen LogP contribution in [0.15, 0.2) is 12.4 Å². The summed E-state index contributed by atoms with van der Waals surface area (Å²) >= 11 is 1.77. The summed E-state index contributed by atoms with van der Waals surface area (Å²) in [5.74, 6) is 2.86. The molecule has 1 N–H and O–H groups in total. The Bertz CT molecular complexity index is 275. The minimum Gasteiger partial charge on any atom is -0.392 e. The van der Waals surface area contributed by atoms with E-state index in [0.29, 0.717) is 6.42 Å². The molecule has 0 saturated heterocycles. The van der Waals surface area contributed by atoms with Crippen LogP contribution in [0.25, 0.3) is 0 Å². The van der Waals surface area contributed by atoms with E-state index in [0.717, 1.165) is 30.3 Å². The van der Waals surface area contributed by atoms with Crippen LogP contribution in [0.5, 0.6) is 0 Å². The number of nitrogens with zero attached hydrogens (tertiary/aromatic N) is 2. The molecule has 1 unspecified atom stereocenters. The minimum atomic E-state index is -0.270. The van der Waals surface area contributed by atoms with Gasteiger partial charge in [0.15, 0.2) is 0 Å². The van der Waals surface area contributed by atoms with Gasteiger partial charge in [-0.05, 0) is 12.2 Å². The number of aliphatic hydroxyl groups is 1. The molecule has 0 fully saturated rings. The van der Waals surface area contributed by atoms with Crippen LogP contribution in [-0.2, 0) is 13.0 Å². The summed E-state index contributed by atoms with van der Waals surface area (Å²) in [4.78, 5) is 4.28. The third kappa shape index (κ3) is 4.26. The van der Waals surface area contributed by atoms with Crippen molar-refractivity contribution in [2.75, 3.05) is 11.5 Å². The number of hydrogen-bond donors (Lipinski definition) is 1. The quantitative estimate of drug-likeness (QED) is 0.775. The maximum Gasteiger partial charge on any atom is 0.111 e. The van der Waals surface area contributed by atoms with Crippen molar-refractivity contribution in [2.45, 2.75) is 39.3 Å². The summed E-state index contributed by atoms with van der Waals surface area (Å²) < 4.78 is 2.12.